The number of rotatable bonds is 7. The smallest absolute Gasteiger partial charge is 0.218 e. The predicted molar refractivity (Wildman–Crippen MR) is 105 cm³/mol. The Kier molecular flexibility index (Phi) is 5.64. The van der Waals surface area contributed by atoms with Crippen LogP contribution < -0.4 is 0 Å². The molecule has 1 aromatic heterocycles. The van der Waals surface area contributed by atoms with E-state index in [9.17, 15) is 0 Å². The Labute approximate surface area is 157 Å². The minimum atomic E-state index is -1.08. The lowest BCUT2D eigenvalue weighted by Crippen LogP contribution is -2.22. The molecule has 0 bridgehead atoms. The summed E-state index contributed by atoms with van der Waals surface area (Å²) in [5.41, 5.74) is 1.05. The molecule has 2 aliphatic rings. The lowest BCUT2D eigenvalue weighted by Gasteiger charge is -2.19. The van der Waals surface area contributed by atoms with Crippen molar-refractivity contribution in [3.8, 4) is 0 Å². The Bertz CT molecular complexity index is 664. The molecule has 0 radical (unpaired) electrons. The number of aliphatic imine (C=N–C) groups is 2. The zero-order chi connectivity index (χ0) is 17.3. The van der Waals surface area contributed by atoms with Gasteiger partial charge in [-0.25, -0.2) is 15.0 Å². The summed E-state index contributed by atoms with van der Waals surface area (Å²) in [6.45, 7) is 8.42. The van der Waals surface area contributed by atoms with Crippen molar-refractivity contribution >= 4 is 47.1 Å². The first-order valence-electron chi connectivity index (χ1n) is 8.44. The standard InChI is InChI=1S/C16H24BrClN4OSi/c1-24(2,3)9-8-23-10-22-13(12-6-7-19-16(18)20-12)14(17)21-15(22)11-4-5-11/h7,11-12H,4-6,8-10H2,1-3H3. The van der Waals surface area contributed by atoms with Crippen molar-refractivity contribution in [3.63, 3.8) is 0 Å². The third-order valence-corrected chi connectivity index (χ3v) is 6.74. The Morgan fingerprint density at radius 3 is 2.75 bits per heavy atom. The Morgan fingerprint density at radius 2 is 2.12 bits per heavy atom. The fraction of sp³-hybridized carbons (Fsp3) is 0.688. The third kappa shape index (κ3) is 4.56. The van der Waals surface area contributed by atoms with Gasteiger partial charge in [0.05, 0.1) is 5.69 Å². The minimum Gasteiger partial charge on any atom is -0.361 e. The molecule has 5 nitrogen and oxygen atoms in total. The van der Waals surface area contributed by atoms with Crippen LogP contribution in [0.15, 0.2) is 14.6 Å². The van der Waals surface area contributed by atoms with Crippen LogP contribution in [-0.4, -0.2) is 35.7 Å². The van der Waals surface area contributed by atoms with Gasteiger partial charge in [0.2, 0.25) is 5.29 Å². The van der Waals surface area contributed by atoms with Crippen molar-refractivity contribution in [2.24, 2.45) is 9.98 Å². The predicted octanol–water partition coefficient (Wildman–Crippen LogP) is 4.95. The Hall–Kier alpha value is -0.503. The van der Waals surface area contributed by atoms with Gasteiger partial charge >= 0.3 is 0 Å². The van der Waals surface area contributed by atoms with Gasteiger partial charge in [0.15, 0.2) is 0 Å². The first-order chi connectivity index (χ1) is 11.3. The van der Waals surface area contributed by atoms with Crippen molar-refractivity contribution in [3.05, 3.63) is 16.1 Å². The van der Waals surface area contributed by atoms with E-state index in [4.69, 9.17) is 21.3 Å². The van der Waals surface area contributed by atoms with E-state index in [1.807, 2.05) is 6.21 Å². The largest absolute Gasteiger partial charge is 0.361 e. The summed E-state index contributed by atoms with van der Waals surface area (Å²) >= 11 is 9.63. The molecule has 0 aromatic carbocycles. The van der Waals surface area contributed by atoms with E-state index in [0.29, 0.717) is 17.9 Å². The quantitative estimate of drug-likeness (QED) is 0.348. The third-order valence-electron chi connectivity index (χ3n) is 4.26. The van der Waals surface area contributed by atoms with Crippen LogP contribution >= 0.6 is 27.5 Å². The molecule has 2 heterocycles. The van der Waals surface area contributed by atoms with E-state index in [-0.39, 0.29) is 6.04 Å². The van der Waals surface area contributed by atoms with Crippen LogP contribution in [0.3, 0.4) is 0 Å². The van der Waals surface area contributed by atoms with Gasteiger partial charge < -0.3 is 9.30 Å². The number of hydrogen-bond donors (Lipinski definition) is 0. The molecule has 24 heavy (non-hydrogen) atoms. The van der Waals surface area contributed by atoms with Gasteiger partial charge in [0.1, 0.15) is 23.2 Å². The number of halogens is 2. The summed E-state index contributed by atoms with van der Waals surface area (Å²) in [4.78, 5) is 13.3. The highest BCUT2D eigenvalue weighted by atomic mass is 79.9. The zero-order valence-corrected chi connectivity index (χ0v) is 17.8. The monoisotopic (exact) mass is 430 g/mol. The molecule has 0 amide bonds. The van der Waals surface area contributed by atoms with E-state index < -0.39 is 8.07 Å². The lowest BCUT2D eigenvalue weighted by molar-refractivity contribution is 0.0825. The summed E-state index contributed by atoms with van der Waals surface area (Å²) in [5, 5.41) is 0.304. The van der Waals surface area contributed by atoms with Gasteiger partial charge in [0, 0.05) is 33.2 Å². The van der Waals surface area contributed by atoms with Crippen molar-refractivity contribution in [1.29, 1.82) is 0 Å². The molecule has 132 valence electrons. The second kappa shape index (κ2) is 7.39. The van der Waals surface area contributed by atoms with Crippen molar-refractivity contribution in [2.75, 3.05) is 6.61 Å². The molecule has 0 N–H and O–H groups in total. The number of aromatic nitrogens is 2. The number of ether oxygens (including phenoxy) is 1. The maximum absolute atomic E-state index is 6.01. The molecular weight excluding hydrogens is 408 g/mol. The van der Waals surface area contributed by atoms with Gasteiger partial charge in [-0.15, -0.1) is 0 Å². The van der Waals surface area contributed by atoms with E-state index >= 15 is 0 Å². The number of nitrogens with zero attached hydrogens (tertiary/aromatic N) is 4. The van der Waals surface area contributed by atoms with Crippen molar-refractivity contribution in [2.45, 2.75) is 63.6 Å². The average Bonchev–Trinajstić information content (AvgIpc) is 3.27. The lowest BCUT2D eigenvalue weighted by atomic mass is 10.1. The Morgan fingerprint density at radius 1 is 1.38 bits per heavy atom. The fourth-order valence-corrected chi connectivity index (χ4v) is 4.31. The SMILES string of the molecule is C[Si](C)(C)CCOCn1c(C2CC2)nc(Br)c1C1CC=NC(Cl)=N1. The maximum Gasteiger partial charge on any atom is 0.218 e. The van der Waals surface area contributed by atoms with Crippen molar-refractivity contribution in [1.82, 2.24) is 9.55 Å². The topological polar surface area (TPSA) is 51.8 Å². The van der Waals surface area contributed by atoms with Crippen LogP contribution in [0.5, 0.6) is 0 Å². The summed E-state index contributed by atoms with van der Waals surface area (Å²) in [6.07, 6.45) is 4.97. The molecule has 1 aliphatic carbocycles. The van der Waals surface area contributed by atoms with E-state index in [1.54, 1.807) is 0 Å². The summed E-state index contributed by atoms with van der Waals surface area (Å²) in [5.74, 6) is 1.66. The first-order valence-corrected chi connectivity index (χ1v) is 13.3. The maximum atomic E-state index is 6.01. The van der Waals surface area contributed by atoms with Crippen LogP contribution in [-0.2, 0) is 11.5 Å². The zero-order valence-electron chi connectivity index (χ0n) is 14.4. The molecule has 1 unspecified atom stereocenters. The van der Waals surface area contributed by atoms with Crippen LogP contribution in [0.1, 0.15) is 42.7 Å². The molecule has 0 spiro atoms. The van der Waals surface area contributed by atoms with Crippen LogP contribution in [0.4, 0.5) is 0 Å². The fourth-order valence-electron chi connectivity index (χ4n) is 2.71. The summed E-state index contributed by atoms with van der Waals surface area (Å²) in [7, 11) is -1.08. The molecule has 1 aromatic rings. The summed E-state index contributed by atoms with van der Waals surface area (Å²) in [6, 6.07) is 1.11. The van der Waals surface area contributed by atoms with Gasteiger partial charge in [-0.05, 0) is 46.4 Å². The summed E-state index contributed by atoms with van der Waals surface area (Å²) < 4.78 is 9.06. The molecule has 1 atom stereocenters. The first kappa shape index (κ1) is 18.3. The van der Waals surface area contributed by atoms with E-state index in [2.05, 4.69) is 50.1 Å². The van der Waals surface area contributed by atoms with Gasteiger partial charge in [-0.1, -0.05) is 19.6 Å². The normalized spacial score (nSPS) is 21.2. The van der Waals surface area contributed by atoms with Crippen LogP contribution in [0.2, 0.25) is 25.7 Å². The second-order valence-electron chi connectivity index (χ2n) is 7.66. The molecular formula is C16H24BrClN4OSi. The second-order valence-corrected chi connectivity index (χ2v) is 14.4. The van der Waals surface area contributed by atoms with E-state index in [0.717, 1.165) is 35.2 Å². The molecule has 1 saturated carbocycles. The highest BCUT2D eigenvalue weighted by Gasteiger charge is 2.33. The minimum absolute atomic E-state index is 0.0510. The van der Waals surface area contributed by atoms with Gasteiger partial charge in [-0.3, -0.25) is 0 Å². The molecule has 8 heteroatoms. The number of amidine groups is 1. The van der Waals surface area contributed by atoms with E-state index in [1.165, 1.54) is 12.8 Å². The van der Waals surface area contributed by atoms with Gasteiger partial charge in [-0.2, -0.15) is 0 Å². The van der Waals surface area contributed by atoms with Crippen molar-refractivity contribution < 1.29 is 4.74 Å². The Balaban J connectivity index is 1.79. The number of hydrogen-bond acceptors (Lipinski definition) is 4. The molecule has 3 rings (SSSR count). The molecule has 1 aliphatic heterocycles. The van der Waals surface area contributed by atoms with Gasteiger partial charge in [0.25, 0.3) is 0 Å². The highest BCUT2D eigenvalue weighted by molar-refractivity contribution is 9.10. The highest BCUT2D eigenvalue weighted by Crippen LogP contribution is 2.42. The average molecular weight is 432 g/mol. The number of imidazole rings is 1. The van der Waals surface area contributed by atoms with Crippen LogP contribution in [0.25, 0.3) is 0 Å². The molecule has 0 saturated heterocycles. The van der Waals surface area contributed by atoms with Crippen LogP contribution in [0, 0.1) is 0 Å². The molecule has 1 fully saturated rings.